The maximum atomic E-state index is 5.04. The molecule has 1 aliphatic carbocycles. The molecule has 0 spiro atoms. The van der Waals surface area contributed by atoms with Crippen LogP contribution in [0.3, 0.4) is 0 Å². The van der Waals surface area contributed by atoms with Gasteiger partial charge in [-0.25, -0.2) is 4.57 Å². The lowest BCUT2D eigenvalue weighted by Gasteiger charge is -2.21. The summed E-state index contributed by atoms with van der Waals surface area (Å²) in [6.07, 6.45) is 19.2. The standard InChI is InChI=1S/C19H29N2/c1-21-13-12-17-14-16-8-6-4-2-3-5-7-9-18(11-10-16)20-19(17)15-21/h12-13,15-16H,2-11,14H2,1H3/q+1/b20-18-. The number of fused-ring (bicyclic) bond motifs is 4. The van der Waals surface area contributed by atoms with E-state index in [2.05, 4.69) is 30.1 Å². The second-order valence-corrected chi connectivity index (χ2v) is 6.97. The number of aryl methyl sites for hydroxylation is 1. The molecule has 2 nitrogen and oxygen atoms in total. The molecule has 1 saturated carbocycles. The SMILES string of the molecule is C[n+]1ccc2c(c1)/N=C1/CCCCCCCCC(CC1)C2. The second kappa shape index (κ2) is 7.20. The molecule has 21 heavy (non-hydrogen) atoms. The molecule has 1 atom stereocenters. The van der Waals surface area contributed by atoms with E-state index in [0.717, 1.165) is 5.92 Å². The van der Waals surface area contributed by atoms with Crippen LogP contribution in [0.2, 0.25) is 0 Å². The summed E-state index contributed by atoms with van der Waals surface area (Å²) in [4.78, 5) is 5.04. The van der Waals surface area contributed by atoms with Crippen LogP contribution in [0.1, 0.15) is 69.8 Å². The molecule has 1 unspecified atom stereocenters. The topological polar surface area (TPSA) is 16.2 Å². The largest absolute Gasteiger partial charge is 0.251 e. The first-order chi connectivity index (χ1) is 10.3. The molecule has 114 valence electrons. The van der Waals surface area contributed by atoms with Crippen molar-refractivity contribution in [3.63, 3.8) is 0 Å². The molecular weight excluding hydrogens is 256 g/mol. The lowest BCUT2D eigenvalue weighted by atomic mass is 9.86. The van der Waals surface area contributed by atoms with E-state index < -0.39 is 0 Å². The van der Waals surface area contributed by atoms with Crippen LogP contribution >= 0.6 is 0 Å². The van der Waals surface area contributed by atoms with Crippen LogP contribution in [0.5, 0.6) is 0 Å². The molecule has 2 heteroatoms. The van der Waals surface area contributed by atoms with Crippen LogP contribution in [0.25, 0.3) is 0 Å². The van der Waals surface area contributed by atoms with Crippen molar-refractivity contribution in [2.24, 2.45) is 18.0 Å². The third-order valence-electron chi connectivity index (χ3n) is 5.12. The van der Waals surface area contributed by atoms with Crippen LogP contribution in [0.15, 0.2) is 23.5 Å². The fourth-order valence-corrected chi connectivity index (χ4v) is 3.79. The molecule has 0 radical (unpaired) electrons. The Balaban J connectivity index is 1.89. The minimum absolute atomic E-state index is 0.862. The van der Waals surface area contributed by atoms with Crippen LogP contribution < -0.4 is 4.57 Å². The fourth-order valence-electron chi connectivity index (χ4n) is 3.79. The van der Waals surface area contributed by atoms with Crippen molar-refractivity contribution in [1.82, 2.24) is 0 Å². The Hall–Kier alpha value is -1.18. The van der Waals surface area contributed by atoms with Gasteiger partial charge in [0.1, 0.15) is 12.7 Å². The Labute approximate surface area is 129 Å². The molecule has 1 fully saturated rings. The summed E-state index contributed by atoms with van der Waals surface area (Å²) in [5.74, 6) is 0.862. The molecule has 2 aliphatic rings. The van der Waals surface area contributed by atoms with Gasteiger partial charge in [-0.1, -0.05) is 38.5 Å². The molecule has 0 N–H and O–H groups in total. The van der Waals surface area contributed by atoms with Gasteiger partial charge in [-0.05, 0) is 43.6 Å². The van der Waals surface area contributed by atoms with Crippen molar-refractivity contribution in [1.29, 1.82) is 0 Å². The summed E-state index contributed by atoms with van der Waals surface area (Å²) >= 11 is 0. The highest BCUT2D eigenvalue weighted by molar-refractivity contribution is 5.87. The van der Waals surface area contributed by atoms with Gasteiger partial charge >= 0.3 is 0 Å². The molecule has 0 saturated heterocycles. The van der Waals surface area contributed by atoms with E-state index in [1.807, 2.05) is 0 Å². The third-order valence-corrected chi connectivity index (χ3v) is 5.12. The number of nitrogens with zero attached hydrogens (tertiary/aromatic N) is 2. The Morgan fingerprint density at radius 1 is 1.00 bits per heavy atom. The van der Waals surface area contributed by atoms with Gasteiger partial charge in [0.05, 0.1) is 0 Å². The van der Waals surface area contributed by atoms with E-state index in [0.29, 0.717) is 0 Å². The number of rotatable bonds is 0. The number of aromatic nitrogens is 1. The van der Waals surface area contributed by atoms with Crippen LogP contribution in [0.4, 0.5) is 5.69 Å². The highest BCUT2D eigenvalue weighted by Crippen LogP contribution is 2.30. The minimum Gasteiger partial charge on any atom is -0.251 e. The first-order valence-electron chi connectivity index (χ1n) is 8.86. The summed E-state index contributed by atoms with van der Waals surface area (Å²) in [5, 5.41) is 0. The van der Waals surface area contributed by atoms with Crippen molar-refractivity contribution in [3.05, 3.63) is 24.0 Å². The van der Waals surface area contributed by atoms with Crippen LogP contribution in [-0.2, 0) is 13.5 Å². The van der Waals surface area contributed by atoms with E-state index in [1.165, 1.54) is 87.6 Å². The number of aliphatic imine (C=N–C) groups is 1. The van der Waals surface area contributed by atoms with Crippen molar-refractivity contribution >= 4 is 11.4 Å². The number of pyridine rings is 1. The van der Waals surface area contributed by atoms with E-state index in [9.17, 15) is 0 Å². The molecule has 1 aromatic rings. The normalized spacial score (nSPS) is 26.5. The summed E-state index contributed by atoms with van der Waals surface area (Å²) in [7, 11) is 2.10. The van der Waals surface area contributed by atoms with Crippen molar-refractivity contribution in [2.75, 3.05) is 0 Å². The predicted octanol–water partition coefficient (Wildman–Crippen LogP) is 4.67. The van der Waals surface area contributed by atoms with Gasteiger partial charge in [-0.15, -0.1) is 0 Å². The minimum atomic E-state index is 0.862. The second-order valence-electron chi connectivity index (χ2n) is 6.97. The summed E-state index contributed by atoms with van der Waals surface area (Å²) in [5.41, 5.74) is 4.15. The van der Waals surface area contributed by atoms with Crippen molar-refractivity contribution in [2.45, 2.75) is 70.6 Å². The maximum Gasteiger partial charge on any atom is 0.194 e. The number of hydrogen-bond donors (Lipinski definition) is 0. The van der Waals surface area contributed by atoms with E-state index in [4.69, 9.17) is 4.99 Å². The summed E-state index contributed by atoms with van der Waals surface area (Å²) < 4.78 is 2.14. The Kier molecular flexibility index (Phi) is 5.05. The number of hydrogen-bond acceptors (Lipinski definition) is 1. The smallest absolute Gasteiger partial charge is 0.194 e. The Morgan fingerprint density at radius 2 is 1.81 bits per heavy atom. The molecule has 3 rings (SSSR count). The van der Waals surface area contributed by atoms with Crippen LogP contribution in [-0.4, -0.2) is 5.71 Å². The lowest BCUT2D eigenvalue weighted by molar-refractivity contribution is -0.671. The van der Waals surface area contributed by atoms with Crippen molar-refractivity contribution in [3.8, 4) is 0 Å². The highest BCUT2D eigenvalue weighted by atomic mass is 14.9. The molecule has 1 aliphatic heterocycles. The van der Waals surface area contributed by atoms with Gasteiger partial charge in [0.2, 0.25) is 0 Å². The molecule has 0 aromatic carbocycles. The zero-order chi connectivity index (χ0) is 14.5. The Morgan fingerprint density at radius 3 is 2.71 bits per heavy atom. The van der Waals surface area contributed by atoms with Gasteiger partial charge in [-0.2, -0.15) is 0 Å². The van der Waals surface area contributed by atoms with E-state index in [1.54, 1.807) is 0 Å². The van der Waals surface area contributed by atoms with Crippen LogP contribution in [0, 0.1) is 5.92 Å². The molecule has 1 aromatic heterocycles. The molecule has 2 heterocycles. The van der Waals surface area contributed by atoms with Gasteiger partial charge in [0, 0.05) is 11.8 Å². The molecular formula is C19H29N2+. The summed E-state index contributed by atoms with van der Waals surface area (Å²) in [6.45, 7) is 0. The average molecular weight is 285 g/mol. The zero-order valence-corrected chi connectivity index (χ0v) is 13.5. The lowest BCUT2D eigenvalue weighted by Crippen LogP contribution is -2.27. The van der Waals surface area contributed by atoms with E-state index >= 15 is 0 Å². The molecule has 2 bridgehead atoms. The summed E-state index contributed by atoms with van der Waals surface area (Å²) in [6, 6.07) is 2.29. The van der Waals surface area contributed by atoms with E-state index in [-0.39, 0.29) is 0 Å². The first-order valence-corrected chi connectivity index (χ1v) is 8.86. The predicted molar refractivity (Wildman–Crippen MR) is 88.1 cm³/mol. The third kappa shape index (κ3) is 4.15. The van der Waals surface area contributed by atoms with Gasteiger partial charge in [-0.3, -0.25) is 4.99 Å². The fraction of sp³-hybridized carbons (Fsp3) is 0.684. The average Bonchev–Trinajstić information content (AvgIpc) is 2.45. The first kappa shape index (κ1) is 14.7. The van der Waals surface area contributed by atoms with Gasteiger partial charge < -0.3 is 0 Å². The Bertz CT molecular complexity index is 504. The highest BCUT2D eigenvalue weighted by Gasteiger charge is 2.19. The zero-order valence-electron chi connectivity index (χ0n) is 13.5. The quantitative estimate of drug-likeness (QED) is 0.616. The van der Waals surface area contributed by atoms with Gasteiger partial charge in [0.25, 0.3) is 0 Å². The monoisotopic (exact) mass is 285 g/mol. The van der Waals surface area contributed by atoms with Gasteiger partial charge in [0.15, 0.2) is 12.4 Å². The maximum absolute atomic E-state index is 5.04. The molecule has 0 amide bonds. The van der Waals surface area contributed by atoms with Crippen molar-refractivity contribution < 1.29 is 4.57 Å².